The number of carbonyl (C=O) groups is 1. The zero-order valence-electron chi connectivity index (χ0n) is 15.5. The van der Waals surface area contributed by atoms with Crippen LogP contribution in [0, 0.1) is 6.92 Å². The fourth-order valence-corrected chi connectivity index (χ4v) is 2.55. The fourth-order valence-electron chi connectivity index (χ4n) is 2.55. The second-order valence-electron chi connectivity index (χ2n) is 6.01. The smallest absolute Gasteiger partial charge is 0.260 e. The molecule has 1 heterocycles. The van der Waals surface area contributed by atoms with Crippen LogP contribution in [-0.2, 0) is 11.3 Å². The number of hydrogen-bond acceptors (Lipinski definition) is 6. The van der Waals surface area contributed by atoms with Gasteiger partial charge in [0.15, 0.2) is 6.61 Å². The van der Waals surface area contributed by atoms with Crippen molar-refractivity contribution >= 4 is 5.91 Å². The third-order valence-corrected chi connectivity index (χ3v) is 4.03. The molecule has 0 aliphatic rings. The van der Waals surface area contributed by atoms with Crippen molar-refractivity contribution in [2.24, 2.45) is 0 Å². The summed E-state index contributed by atoms with van der Waals surface area (Å²) < 4.78 is 15.9. The topological polar surface area (TPSA) is 77.7 Å². The number of amides is 1. The van der Waals surface area contributed by atoms with Gasteiger partial charge in [-0.1, -0.05) is 23.4 Å². The second kappa shape index (κ2) is 8.35. The van der Waals surface area contributed by atoms with Crippen LogP contribution in [0.1, 0.15) is 11.5 Å². The molecule has 0 bridgehead atoms. The van der Waals surface area contributed by atoms with E-state index in [4.69, 9.17) is 14.0 Å². The van der Waals surface area contributed by atoms with E-state index >= 15 is 0 Å². The van der Waals surface area contributed by atoms with E-state index < -0.39 is 0 Å². The number of benzene rings is 2. The molecule has 7 heteroatoms. The van der Waals surface area contributed by atoms with Crippen LogP contribution in [-0.4, -0.2) is 41.7 Å². The number of likely N-dealkylation sites (N-methyl/N-ethyl adjacent to an activating group) is 1. The zero-order chi connectivity index (χ0) is 19.2. The molecular formula is C20H21N3O4. The van der Waals surface area contributed by atoms with Crippen LogP contribution in [0.2, 0.25) is 0 Å². The lowest BCUT2D eigenvalue weighted by molar-refractivity contribution is -0.132. The van der Waals surface area contributed by atoms with Crippen LogP contribution in [0.4, 0.5) is 0 Å². The van der Waals surface area contributed by atoms with Crippen molar-refractivity contribution in [3.63, 3.8) is 0 Å². The summed E-state index contributed by atoms with van der Waals surface area (Å²) >= 11 is 0. The van der Waals surface area contributed by atoms with Gasteiger partial charge in [0.2, 0.25) is 11.7 Å². The third-order valence-electron chi connectivity index (χ3n) is 4.03. The predicted octanol–water partition coefficient (Wildman–Crippen LogP) is 3.09. The molecule has 0 N–H and O–H groups in total. The molecule has 0 saturated heterocycles. The fraction of sp³-hybridized carbons (Fsp3) is 0.250. The number of nitrogens with zero attached hydrogens (tertiary/aromatic N) is 3. The quantitative estimate of drug-likeness (QED) is 0.639. The second-order valence-corrected chi connectivity index (χ2v) is 6.01. The van der Waals surface area contributed by atoms with Crippen molar-refractivity contribution in [2.75, 3.05) is 20.8 Å². The number of hydrogen-bond donors (Lipinski definition) is 0. The van der Waals surface area contributed by atoms with Gasteiger partial charge in [-0.15, -0.1) is 0 Å². The molecule has 0 saturated carbocycles. The minimum absolute atomic E-state index is 0.0493. The number of methoxy groups -OCH3 is 1. The minimum Gasteiger partial charge on any atom is -0.496 e. The van der Waals surface area contributed by atoms with Gasteiger partial charge in [0.1, 0.15) is 11.5 Å². The first-order valence-corrected chi connectivity index (χ1v) is 8.46. The Balaban J connectivity index is 1.55. The number of rotatable bonds is 7. The Hall–Kier alpha value is -3.35. The van der Waals surface area contributed by atoms with Crippen LogP contribution >= 0.6 is 0 Å². The van der Waals surface area contributed by atoms with E-state index in [9.17, 15) is 4.79 Å². The highest BCUT2D eigenvalue weighted by molar-refractivity contribution is 5.77. The van der Waals surface area contributed by atoms with Crippen molar-refractivity contribution in [3.05, 3.63) is 60.0 Å². The highest BCUT2D eigenvalue weighted by Gasteiger charge is 2.13. The molecule has 0 spiro atoms. The highest BCUT2D eigenvalue weighted by atomic mass is 16.5. The van der Waals surface area contributed by atoms with Crippen molar-refractivity contribution < 1.29 is 18.8 Å². The normalized spacial score (nSPS) is 10.5. The summed E-state index contributed by atoms with van der Waals surface area (Å²) in [7, 11) is 3.35. The largest absolute Gasteiger partial charge is 0.496 e. The monoisotopic (exact) mass is 367 g/mol. The zero-order valence-corrected chi connectivity index (χ0v) is 15.5. The Morgan fingerprint density at radius 1 is 1.15 bits per heavy atom. The van der Waals surface area contributed by atoms with Gasteiger partial charge in [-0.3, -0.25) is 4.79 Å². The molecular weight excluding hydrogens is 346 g/mol. The van der Waals surface area contributed by atoms with E-state index in [-0.39, 0.29) is 12.5 Å². The van der Waals surface area contributed by atoms with Gasteiger partial charge in [0.05, 0.1) is 7.11 Å². The molecule has 3 aromatic rings. The van der Waals surface area contributed by atoms with E-state index in [1.165, 1.54) is 0 Å². The lowest BCUT2D eigenvalue weighted by Gasteiger charge is -2.19. The number of aromatic nitrogens is 2. The van der Waals surface area contributed by atoms with E-state index in [0.29, 0.717) is 24.0 Å². The molecule has 2 aromatic carbocycles. The first kappa shape index (κ1) is 18.4. The maximum absolute atomic E-state index is 12.3. The Morgan fingerprint density at radius 3 is 2.56 bits per heavy atom. The van der Waals surface area contributed by atoms with Crippen molar-refractivity contribution in [1.82, 2.24) is 15.0 Å². The molecule has 140 valence electrons. The summed E-state index contributed by atoms with van der Waals surface area (Å²) in [5.41, 5.74) is 1.76. The summed E-state index contributed by atoms with van der Waals surface area (Å²) in [6.45, 7) is 2.13. The van der Waals surface area contributed by atoms with Gasteiger partial charge >= 0.3 is 0 Å². The Labute approximate surface area is 157 Å². The predicted molar refractivity (Wildman–Crippen MR) is 99.4 cm³/mol. The molecule has 27 heavy (non-hydrogen) atoms. The van der Waals surface area contributed by atoms with Gasteiger partial charge in [-0.25, -0.2) is 0 Å². The number of carbonyl (C=O) groups excluding carboxylic acids is 1. The standard InChI is InChI=1S/C20H21N3O4/c1-14-21-20(22-27-14)15-8-10-17(11-9-15)26-13-19(24)23(2)12-16-6-4-5-7-18(16)25-3/h4-11H,12-13H2,1-3H3. The Bertz CT molecular complexity index is 906. The van der Waals surface area contributed by atoms with E-state index in [1.807, 2.05) is 36.4 Å². The molecule has 3 rings (SSSR count). The SMILES string of the molecule is COc1ccccc1CN(C)C(=O)COc1ccc(-c2noc(C)n2)cc1. The van der Waals surface area contributed by atoms with Gasteiger partial charge in [0, 0.05) is 31.6 Å². The average Bonchev–Trinajstić information content (AvgIpc) is 3.13. The Kier molecular flexibility index (Phi) is 5.71. The summed E-state index contributed by atoms with van der Waals surface area (Å²) in [5.74, 6) is 2.25. The lowest BCUT2D eigenvalue weighted by Crippen LogP contribution is -2.31. The van der Waals surface area contributed by atoms with E-state index in [1.54, 1.807) is 38.1 Å². The van der Waals surface area contributed by atoms with Crippen LogP contribution in [0.3, 0.4) is 0 Å². The molecule has 1 amide bonds. The van der Waals surface area contributed by atoms with Crippen LogP contribution in [0.15, 0.2) is 53.1 Å². The van der Waals surface area contributed by atoms with Gasteiger partial charge < -0.3 is 18.9 Å². The summed E-state index contributed by atoms with van der Waals surface area (Å²) in [6.07, 6.45) is 0. The van der Waals surface area contributed by atoms with Crippen molar-refractivity contribution in [1.29, 1.82) is 0 Å². The molecule has 0 radical (unpaired) electrons. The first-order chi connectivity index (χ1) is 13.1. The highest BCUT2D eigenvalue weighted by Crippen LogP contribution is 2.21. The van der Waals surface area contributed by atoms with Gasteiger partial charge in [0.25, 0.3) is 5.91 Å². The molecule has 0 atom stereocenters. The number of ether oxygens (including phenoxy) is 2. The minimum atomic E-state index is -0.126. The van der Waals surface area contributed by atoms with Crippen LogP contribution in [0.25, 0.3) is 11.4 Å². The summed E-state index contributed by atoms with van der Waals surface area (Å²) in [6, 6.07) is 14.8. The van der Waals surface area contributed by atoms with E-state index in [2.05, 4.69) is 10.1 Å². The summed E-state index contributed by atoms with van der Waals surface area (Å²) in [4.78, 5) is 18.1. The van der Waals surface area contributed by atoms with Gasteiger partial charge in [-0.05, 0) is 30.3 Å². The lowest BCUT2D eigenvalue weighted by atomic mass is 10.2. The number of aryl methyl sites for hydroxylation is 1. The van der Waals surface area contributed by atoms with Crippen LogP contribution in [0.5, 0.6) is 11.5 Å². The maximum Gasteiger partial charge on any atom is 0.260 e. The number of para-hydroxylation sites is 1. The first-order valence-electron chi connectivity index (χ1n) is 8.46. The summed E-state index contributed by atoms with van der Waals surface area (Å²) in [5, 5.41) is 3.87. The molecule has 0 aliphatic carbocycles. The van der Waals surface area contributed by atoms with Gasteiger partial charge in [-0.2, -0.15) is 4.98 Å². The average molecular weight is 367 g/mol. The molecule has 0 unspecified atom stereocenters. The van der Waals surface area contributed by atoms with Crippen LogP contribution < -0.4 is 9.47 Å². The molecule has 0 fully saturated rings. The Morgan fingerprint density at radius 2 is 1.89 bits per heavy atom. The third kappa shape index (κ3) is 4.63. The molecule has 1 aromatic heterocycles. The molecule has 0 aliphatic heterocycles. The molecule has 7 nitrogen and oxygen atoms in total. The maximum atomic E-state index is 12.3. The van der Waals surface area contributed by atoms with Crippen molar-refractivity contribution in [3.8, 4) is 22.9 Å². The van der Waals surface area contributed by atoms with Crippen molar-refractivity contribution in [2.45, 2.75) is 13.5 Å². The van der Waals surface area contributed by atoms with E-state index in [0.717, 1.165) is 16.9 Å².